The predicted octanol–water partition coefficient (Wildman–Crippen LogP) is 5.70. The monoisotopic (exact) mass is 304 g/mol. The number of allylic oxidation sites excluding steroid dienone is 1. The van der Waals surface area contributed by atoms with Crippen LogP contribution in [-0.4, -0.2) is 0 Å². The Morgan fingerprint density at radius 1 is 0.864 bits per heavy atom. The highest BCUT2D eigenvalue weighted by Crippen LogP contribution is 2.16. The maximum absolute atomic E-state index is 14.0. The summed E-state index contributed by atoms with van der Waals surface area (Å²) >= 11 is 0. The van der Waals surface area contributed by atoms with Gasteiger partial charge in [0.05, 0.1) is 0 Å². The van der Waals surface area contributed by atoms with Gasteiger partial charge >= 0.3 is 0 Å². The molecule has 0 aromatic heterocycles. The van der Waals surface area contributed by atoms with Gasteiger partial charge in [-0.3, -0.25) is 0 Å². The second kappa shape index (κ2) is 7.83. The van der Waals surface area contributed by atoms with Crippen molar-refractivity contribution in [3.05, 3.63) is 76.6 Å². The Morgan fingerprint density at radius 2 is 1.68 bits per heavy atom. The van der Waals surface area contributed by atoms with Gasteiger partial charge in [0.15, 0.2) is 11.6 Å². The molecule has 0 atom stereocenters. The van der Waals surface area contributed by atoms with E-state index >= 15 is 0 Å². The van der Waals surface area contributed by atoms with Gasteiger partial charge in [0, 0.05) is 0 Å². The highest BCUT2D eigenvalue weighted by molar-refractivity contribution is 5.50. The molecular formula is C19H19F3. The van der Waals surface area contributed by atoms with Crippen molar-refractivity contribution in [2.24, 2.45) is 0 Å². The molecule has 0 unspecified atom stereocenters. The summed E-state index contributed by atoms with van der Waals surface area (Å²) in [5, 5.41) is 0. The van der Waals surface area contributed by atoms with Gasteiger partial charge < -0.3 is 0 Å². The molecule has 2 aromatic carbocycles. The van der Waals surface area contributed by atoms with Crippen molar-refractivity contribution < 1.29 is 13.2 Å². The number of aryl methyl sites for hydroxylation is 2. The molecule has 2 aromatic rings. The van der Waals surface area contributed by atoms with Crippen LogP contribution in [0.25, 0.3) is 6.08 Å². The van der Waals surface area contributed by atoms with Crippen molar-refractivity contribution in [2.45, 2.75) is 32.6 Å². The minimum Gasteiger partial charge on any atom is -0.207 e. The second-order valence-electron chi connectivity index (χ2n) is 5.29. The van der Waals surface area contributed by atoms with Crippen LogP contribution >= 0.6 is 0 Å². The van der Waals surface area contributed by atoms with E-state index in [1.807, 2.05) is 18.2 Å². The van der Waals surface area contributed by atoms with Crippen LogP contribution in [0, 0.1) is 17.5 Å². The molecule has 0 radical (unpaired) electrons. The Balaban J connectivity index is 2.02. The molecule has 0 saturated carbocycles. The Hall–Kier alpha value is -2.03. The van der Waals surface area contributed by atoms with E-state index in [0.29, 0.717) is 24.0 Å². The van der Waals surface area contributed by atoms with E-state index in [9.17, 15) is 13.2 Å². The van der Waals surface area contributed by atoms with Crippen molar-refractivity contribution in [3.8, 4) is 0 Å². The van der Waals surface area contributed by atoms with E-state index in [4.69, 9.17) is 0 Å². The molecule has 2 rings (SSSR count). The number of hydrogen-bond donors (Lipinski definition) is 0. The summed E-state index contributed by atoms with van der Waals surface area (Å²) in [6.07, 6.45) is 6.89. The SMILES string of the molecule is CCC/C=C/c1ccc(CCc2ccc(F)c(F)c2)c(F)c1. The summed E-state index contributed by atoms with van der Waals surface area (Å²) in [6.45, 7) is 2.09. The first kappa shape index (κ1) is 16.3. The van der Waals surface area contributed by atoms with Crippen molar-refractivity contribution in [1.82, 2.24) is 0 Å². The van der Waals surface area contributed by atoms with Crippen LogP contribution in [-0.2, 0) is 12.8 Å². The lowest BCUT2D eigenvalue weighted by Gasteiger charge is -2.05. The van der Waals surface area contributed by atoms with Gasteiger partial charge in [-0.15, -0.1) is 0 Å². The first-order valence-corrected chi connectivity index (χ1v) is 7.49. The Labute approximate surface area is 129 Å². The van der Waals surface area contributed by atoms with Gasteiger partial charge in [-0.05, 0) is 54.2 Å². The number of halogens is 3. The molecule has 3 heteroatoms. The minimum atomic E-state index is -0.866. The maximum Gasteiger partial charge on any atom is 0.159 e. The Bertz CT molecular complexity index is 660. The lowest BCUT2D eigenvalue weighted by Crippen LogP contribution is -1.97. The molecule has 0 bridgehead atoms. The number of hydrogen-bond acceptors (Lipinski definition) is 0. The molecule has 116 valence electrons. The third-order valence-electron chi connectivity index (χ3n) is 3.51. The zero-order valence-corrected chi connectivity index (χ0v) is 12.6. The van der Waals surface area contributed by atoms with Gasteiger partial charge in [-0.2, -0.15) is 0 Å². The summed E-state index contributed by atoms with van der Waals surface area (Å²) in [5.74, 6) is -1.99. The molecule has 0 spiro atoms. The number of benzene rings is 2. The average Bonchev–Trinajstić information content (AvgIpc) is 2.50. The van der Waals surface area contributed by atoms with E-state index < -0.39 is 11.6 Å². The zero-order chi connectivity index (χ0) is 15.9. The summed E-state index contributed by atoms with van der Waals surface area (Å²) in [7, 11) is 0. The summed E-state index contributed by atoms with van der Waals surface area (Å²) in [6, 6.07) is 8.92. The lowest BCUT2D eigenvalue weighted by molar-refractivity contribution is 0.507. The molecule has 0 aliphatic heterocycles. The van der Waals surface area contributed by atoms with Crippen LogP contribution in [0.2, 0.25) is 0 Å². The number of rotatable bonds is 6. The van der Waals surface area contributed by atoms with E-state index in [2.05, 4.69) is 6.92 Å². The highest BCUT2D eigenvalue weighted by Gasteiger charge is 2.06. The average molecular weight is 304 g/mol. The fourth-order valence-corrected chi connectivity index (χ4v) is 2.23. The van der Waals surface area contributed by atoms with Crippen LogP contribution in [0.5, 0.6) is 0 Å². The van der Waals surface area contributed by atoms with Gasteiger partial charge in [0.1, 0.15) is 5.82 Å². The predicted molar refractivity (Wildman–Crippen MR) is 84.1 cm³/mol. The first-order chi connectivity index (χ1) is 10.6. The minimum absolute atomic E-state index is 0.263. The number of unbranched alkanes of at least 4 members (excludes halogenated alkanes) is 1. The van der Waals surface area contributed by atoms with Crippen LogP contribution < -0.4 is 0 Å². The smallest absolute Gasteiger partial charge is 0.159 e. The quantitative estimate of drug-likeness (QED) is 0.642. The van der Waals surface area contributed by atoms with Gasteiger partial charge in [-0.1, -0.05) is 43.7 Å². The van der Waals surface area contributed by atoms with Crippen LogP contribution in [0.15, 0.2) is 42.5 Å². The third-order valence-corrected chi connectivity index (χ3v) is 3.51. The molecular weight excluding hydrogens is 285 g/mol. The fourth-order valence-electron chi connectivity index (χ4n) is 2.23. The molecule has 0 saturated heterocycles. The standard InChI is InChI=1S/C19H19F3/c1-2-3-4-5-14-6-9-16(18(21)12-14)10-7-15-8-11-17(20)19(22)13-15/h4-6,8-9,11-13H,2-3,7,10H2,1H3/b5-4+. The lowest BCUT2D eigenvalue weighted by atomic mass is 10.0. The molecule has 0 aliphatic rings. The van der Waals surface area contributed by atoms with E-state index in [0.717, 1.165) is 30.5 Å². The Morgan fingerprint density at radius 3 is 2.36 bits per heavy atom. The maximum atomic E-state index is 14.0. The van der Waals surface area contributed by atoms with E-state index in [-0.39, 0.29) is 5.82 Å². The Kier molecular flexibility index (Phi) is 5.82. The van der Waals surface area contributed by atoms with Crippen molar-refractivity contribution >= 4 is 6.08 Å². The van der Waals surface area contributed by atoms with Crippen LogP contribution in [0.3, 0.4) is 0 Å². The van der Waals surface area contributed by atoms with E-state index in [1.54, 1.807) is 6.07 Å². The molecule has 0 nitrogen and oxygen atoms in total. The third kappa shape index (κ3) is 4.48. The van der Waals surface area contributed by atoms with Crippen molar-refractivity contribution in [2.75, 3.05) is 0 Å². The molecule has 0 heterocycles. The topological polar surface area (TPSA) is 0 Å². The first-order valence-electron chi connectivity index (χ1n) is 7.49. The summed E-state index contributed by atoms with van der Waals surface area (Å²) in [4.78, 5) is 0. The van der Waals surface area contributed by atoms with Gasteiger partial charge in [0.2, 0.25) is 0 Å². The molecule has 0 aliphatic carbocycles. The highest BCUT2D eigenvalue weighted by atomic mass is 19.2. The summed E-state index contributed by atoms with van der Waals surface area (Å²) in [5.41, 5.74) is 2.07. The van der Waals surface area contributed by atoms with Crippen LogP contribution in [0.4, 0.5) is 13.2 Å². The van der Waals surface area contributed by atoms with Crippen molar-refractivity contribution in [1.29, 1.82) is 0 Å². The fraction of sp³-hybridized carbons (Fsp3) is 0.263. The normalized spacial score (nSPS) is 11.3. The zero-order valence-electron chi connectivity index (χ0n) is 12.6. The molecule has 0 fully saturated rings. The van der Waals surface area contributed by atoms with Crippen LogP contribution in [0.1, 0.15) is 36.5 Å². The molecule has 22 heavy (non-hydrogen) atoms. The second-order valence-corrected chi connectivity index (χ2v) is 5.29. The van der Waals surface area contributed by atoms with Gasteiger partial charge in [0.25, 0.3) is 0 Å². The molecule has 0 amide bonds. The largest absolute Gasteiger partial charge is 0.207 e. The summed E-state index contributed by atoms with van der Waals surface area (Å²) < 4.78 is 40.0. The van der Waals surface area contributed by atoms with E-state index in [1.165, 1.54) is 12.1 Å². The van der Waals surface area contributed by atoms with Crippen molar-refractivity contribution in [3.63, 3.8) is 0 Å². The van der Waals surface area contributed by atoms with Gasteiger partial charge in [-0.25, -0.2) is 13.2 Å². The molecule has 0 N–H and O–H groups in total.